The first-order valence-corrected chi connectivity index (χ1v) is 9.13. The van der Waals surface area contributed by atoms with Crippen molar-refractivity contribution < 1.29 is 4.52 Å². The summed E-state index contributed by atoms with van der Waals surface area (Å²) in [7, 11) is 0. The van der Waals surface area contributed by atoms with Crippen LogP contribution >= 0.6 is 0 Å². The number of aryl methyl sites for hydroxylation is 1. The molecule has 136 valence electrons. The summed E-state index contributed by atoms with van der Waals surface area (Å²) >= 11 is 0. The maximum atomic E-state index is 5.48. The number of imidazole rings is 1. The zero-order chi connectivity index (χ0) is 18.1. The Labute approximate surface area is 152 Å². The van der Waals surface area contributed by atoms with Gasteiger partial charge in [-0.25, -0.2) is 10.4 Å². The van der Waals surface area contributed by atoms with Crippen LogP contribution in [0.25, 0.3) is 11.3 Å². The van der Waals surface area contributed by atoms with Crippen molar-refractivity contribution in [3.05, 3.63) is 54.1 Å². The van der Waals surface area contributed by atoms with Crippen LogP contribution in [0.1, 0.15) is 56.7 Å². The van der Waals surface area contributed by atoms with Gasteiger partial charge >= 0.3 is 0 Å². The molecule has 7 nitrogen and oxygen atoms in total. The maximum absolute atomic E-state index is 5.48. The Balaban J connectivity index is 1.78. The summed E-state index contributed by atoms with van der Waals surface area (Å²) in [6.45, 7) is 6.26. The highest BCUT2D eigenvalue weighted by Crippen LogP contribution is 2.34. The van der Waals surface area contributed by atoms with Crippen LogP contribution in [0, 0.1) is 0 Å². The zero-order valence-corrected chi connectivity index (χ0v) is 15.3. The SMILES string of the molecule is CCc1noc(C(C)n2cnc(-c3ccccc3)c2C2CC(C)NN2)n1. The average molecular weight is 352 g/mol. The third-order valence-corrected chi connectivity index (χ3v) is 4.88. The summed E-state index contributed by atoms with van der Waals surface area (Å²) in [5.74, 6) is 1.34. The predicted octanol–water partition coefficient (Wildman–Crippen LogP) is 3.03. The van der Waals surface area contributed by atoms with Gasteiger partial charge in [0.1, 0.15) is 6.04 Å². The molecule has 1 aliphatic rings. The highest BCUT2D eigenvalue weighted by atomic mass is 16.5. The topological polar surface area (TPSA) is 80.8 Å². The van der Waals surface area contributed by atoms with Gasteiger partial charge in [0.05, 0.1) is 23.8 Å². The second kappa shape index (κ2) is 7.01. The number of aromatic nitrogens is 4. The fourth-order valence-electron chi connectivity index (χ4n) is 3.44. The monoisotopic (exact) mass is 352 g/mol. The lowest BCUT2D eigenvalue weighted by Gasteiger charge is -2.19. The first kappa shape index (κ1) is 16.9. The van der Waals surface area contributed by atoms with Gasteiger partial charge in [0.25, 0.3) is 0 Å². The lowest BCUT2D eigenvalue weighted by molar-refractivity contribution is 0.337. The van der Waals surface area contributed by atoms with Crippen LogP contribution in [0.15, 0.2) is 41.2 Å². The van der Waals surface area contributed by atoms with Crippen LogP contribution in [0.4, 0.5) is 0 Å². The van der Waals surface area contributed by atoms with Gasteiger partial charge in [0.2, 0.25) is 5.89 Å². The number of nitrogens with one attached hydrogen (secondary N) is 2. The molecule has 2 N–H and O–H groups in total. The van der Waals surface area contributed by atoms with Crippen LogP contribution in [0.2, 0.25) is 0 Å². The second-order valence-electron chi connectivity index (χ2n) is 6.81. The van der Waals surface area contributed by atoms with Crippen molar-refractivity contribution in [1.82, 2.24) is 30.5 Å². The maximum Gasteiger partial charge on any atom is 0.249 e. The molecule has 0 amide bonds. The lowest BCUT2D eigenvalue weighted by Crippen LogP contribution is -2.30. The van der Waals surface area contributed by atoms with Gasteiger partial charge in [0.15, 0.2) is 5.82 Å². The molecule has 0 spiro atoms. The smallest absolute Gasteiger partial charge is 0.249 e. The van der Waals surface area contributed by atoms with Crippen LogP contribution in [0.5, 0.6) is 0 Å². The van der Waals surface area contributed by atoms with Crippen LogP contribution in [0.3, 0.4) is 0 Å². The number of rotatable bonds is 5. The predicted molar refractivity (Wildman–Crippen MR) is 98.2 cm³/mol. The molecule has 7 heteroatoms. The number of hydrogen-bond acceptors (Lipinski definition) is 6. The molecular weight excluding hydrogens is 328 g/mol. The van der Waals surface area contributed by atoms with Crippen molar-refractivity contribution in [3.8, 4) is 11.3 Å². The molecule has 3 atom stereocenters. The molecule has 0 radical (unpaired) electrons. The van der Waals surface area contributed by atoms with E-state index in [0.29, 0.717) is 11.9 Å². The van der Waals surface area contributed by atoms with Gasteiger partial charge in [-0.05, 0) is 20.3 Å². The Morgan fingerprint density at radius 3 is 2.73 bits per heavy atom. The van der Waals surface area contributed by atoms with E-state index in [1.54, 1.807) is 0 Å². The minimum atomic E-state index is -0.0829. The zero-order valence-electron chi connectivity index (χ0n) is 15.3. The summed E-state index contributed by atoms with van der Waals surface area (Å²) in [5, 5.41) is 4.04. The molecule has 1 aliphatic heterocycles. The van der Waals surface area contributed by atoms with E-state index in [4.69, 9.17) is 9.51 Å². The van der Waals surface area contributed by atoms with E-state index < -0.39 is 0 Å². The van der Waals surface area contributed by atoms with Crippen molar-refractivity contribution in [2.45, 2.75) is 51.7 Å². The van der Waals surface area contributed by atoms with E-state index in [0.717, 1.165) is 35.6 Å². The molecular formula is C19H24N6O. The normalized spacial score (nSPS) is 21.2. The van der Waals surface area contributed by atoms with Gasteiger partial charge < -0.3 is 9.09 Å². The largest absolute Gasteiger partial charge is 0.337 e. The number of hydrogen-bond donors (Lipinski definition) is 2. The molecule has 26 heavy (non-hydrogen) atoms. The second-order valence-corrected chi connectivity index (χ2v) is 6.81. The quantitative estimate of drug-likeness (QED) is 0.735. The van der Waals surface area contributed by atoms with E-state index in [2.05, 4.69) is 51.5 Å². The summed E-state index contributed by atoms with van der Waals surface area (Å²) in [6.07, 6.45) is 3.62. The van der Waals surface area contributed by atoms with E-state index in [1.807, 2.05) is 31.5 Å². The molecule has 3 unspecified atom stereocenters. The molecule has 2 aromatic heterocycles. The standard InChI is InChI=1S/C19H24N6O/c1-4-16-21-19(26-24-16)13(3)25-11-20-17(14-8-6-5-7-9-14)18(25)15-10-12(2)22-23-15/h5-9,11-13,15,22-23H,4,10H2,1-3H3. The number of hydrazine groups is 1. The van der Waals surface area contributed by atoms with E-state index >= 15 is 0 Å². The first-order chi connectivity index (χ1) is 12.7. The number of nitrogens with zero attached hydrogens (tertiary/aromatic N) is 4. The molecule has 3 heterocycles. The third kappa shape index (κ3) is 3.04. The molecule has 0 aliphatic carbocycles. The summed E-state index contributed by atoms with van der Waals surface area (Å²) in [4.78, 5) is 9.24. The number of benzene rings is 1. The Morgan fingerprint density at radius 2 is 2.08 bits per heavy atom. The minimum Gasteiger partial charge on any atom is -0.337 e. The van der Waals surface area contributed by atoms with Crippen LogP contribution in [-0.2, 0) is 6.42 Å². The molecule has 1 fully saturated rings. The van der Waals surface area contributed by atoms with E-state index in [1.165, 1.54) is 0 Å². The average Bonchev–Trinajstić information content (AvgIpc) is 3.40. The van der Waals surface area contributed by atoms with Gasteiger partial charge in [-0.1, -0.05) is 42.4 Å². The van der Waals surface area contributed by atoms with Crippen molar-refractivity contribution in [1.29, 1.82) is 0 Å². The Bertz CT molecular complexity index is 871. The molecule has 3 aromatic rings. The fraction of sp³-hybridized carbons (Fsp3) is 0.421. The van der Waals surface area contributed by atoms with E-state index in [-0.39, 0.29) is 12.1 Å². The lowest BCUT2D eigenvalue weighted by atomic mass is 10.0. The minimum absolute atomic E-state index is 0.0829. The Hall–Kier alpha value is -2.51. The highest BCUT2D eigenvalue weighted by Gasteiger charge is 2.30. The summed E-state index contributed by atoms with van der Waals surface area (Å²) in [5.41, 5.74) is 9.95. The summed E-state index contributed by atoms with van der Waals surface area (Å²) < 4.78 is 7.63. The molecule has 1 aromatic carbocycles. The van der Waals surface area contributed by atoms with Crippen LogP contribution < -0.4 is 10.9 Å². The first-order valence-electron chi connectivity index (χ1n) is 9.13. The third-order valence-electron chi connectivity index (χ3n) is 4.88. The molecule has 0 saturated carbocycles. The van der Waals surface area contributed by atoms with Crippen molar-refractivity contribution >= 4 is 0 Å². The van der Waals surface area contributed by atoms with Gasteiger partial charge in [-0.2, -0.15) is 4.98 Å². The van der Waals surface area contributed by atoms with Crippen molar-refractivity contribution in [3.63, 3.8) is 0 Å². The Morgan fingerprint density at radius 1 is 1.27 bits per heavy atom. The molecule has 1 saturated heterocycles. The Kier molecular flexibility index (Phi) is 4.57. The fourth-order valence-corrected chi connectivity index (χ4v) is 3.44. The van der Waals surface area contributed by atoms with Gasteiger partial charge in [-0.15, -0.1) is 0 Å². The van der Waals surface area contributed by atoms with E-state index in [9.17, 15) is 0 Å². The van der Waals surface area contributed by atoms with Gasteiger partial charge in [0, 0.05) is 18.0 Å². The van der Waals surface area contributed by atoms with Crippen molar-refractivity contribution in [2.75, 3.05) is 0 Å². The highest BCUT2D eigenvalue weighted by molar-refractivity contribution is 5.62. The molecule has 0 bridgehead atoms. The van der Waals surface area contributed by atoms with Crippen LogP contribution in [-0.4, -0.2) is 25.7 Å². The summed E-state index contributed by atoms with van der Waals surface area (Å²) in [6, 6.07) is 10.8. The van der Waals surface area contributed by atoms with Crippen molar-refractivity contribution in [2.24, 2.45) is 0 Å². The van der Waals surface area contributed by atoms with Gasteiger partial charge in [-0.3, -0.25) is 5.43 Å². The molecule has 4 rings (SSSR count).